The molecule has 0 aliphatic rings. The van der Waals surface area contributed by atoms with E-state index in [9.17, 15) is 4.79 Å². The number of carbonyl (C=O) groups is 1. The van der Waals surface area contributed by atoms with Gasteiger partial charge in [0, 0.05) is 6.42 Å². The van der Waals surface area contributed by atoms with Crippen molar-refractivity contribution in [2.75, 3.05) is 13.2 Å². The van der Waals surface area contributed by atoms with Gasteiger partial charge in [-0.05, 0) is 43.9 Å². The van der Waals surface area contributed by atoms with Crippen LogP contribution < -0.4 is 0 Å². The maximum Gasteiger partial charge on any atom is 0.306 e. The van der Waals surface area contributed by atoms with E-state index in [1.54, 1.807) is 0 Å². The van der Waals surface area contributed by atoms with Gasteiger partial charge in [-0.3, -0.25) is 4.79 Å². The Hall–Kier alpha value is -0.870. The van der Waals surface area contributed by atoms with Gasteiger partial charge in [-0.25, -0.2) is 0 Å². The molecule has 0 radical (unpaired) electrons. The van der Waals surface area contributed by atoms with Crippen LogP contribution >= 0.6 is 0 Å². The number of ether oxygens (including phenoxy) is 1. The van der Waals surface area contributed by atoms with E-state index < -0.39 is 6.10 Å². The molecule has 0 aromatic heterocycles. The number of carbonyl (C=O) groups excluding carboxylic acids is 1. The zero-order valence-electron chi connectivity index (χ0n) is 19.8. The van der Waals surface area contributed by atoms with Gasteiger partial charge in [0.15, 0.2) is 0 Å². The van der Waals surface area contributed by atoms with E-state index in [0.29, 0.717) is 12.8 Å². The molecule has 0 aromatic rings. The predicted octanol–water partition coefficient (Wildman–Crippen LogP) is 6.05. The highest BCUT2D eigenvalue weighted by molar-refractivity contribution is 5.69. The zero-order valence-corrected chi connectivity index (χ0v) is 19.8. The van der Waals surface area contributed by atoms with Crippen molar-refractivity contribution < 1.29 is 19.7 Å². The first-order valence-corrected chi connectivity index (χ1v) is 11.8. The molecule has 2 N–H and O–H groups in total. The van der Waals surface area contributed by atoms with Gasteiger partial charge < -0.3 is 14.9 Å². The third-order valence-corrected chi connectivity index (χ3v) is 5.63. The molecule has 4 nitrogen and oxygen atoms in total. The Balaban J connectivity index is 3.72. The van der Waals surface area contributed by atoms with E-state index in [1.807, 2.05) is 0 Å². The Morgan fingerprint density at radius 1 is 0.897 bits per heavy atom. The average Bonchev–Trinajstić information content (AvgIpc) is 2.65. The number of aliphatic hydroxyl groups is 2. The fourth-order valence-electron chi connectivity index (χ4n) is 3.56. The van der Waals surface area contributed by atoms with Crippen LogP contribution in [0.1, 0.15) is 105 Å². The van der Waals surface area contributed by atoms with E-state index >= 15 is 0 Å². The summed E-state index contributed by atoms with van der Waals surface area (Å²) in [5, 5.41) is 17.8. The van der Waals surface area contributed by atoms with Crippen LogP contribution in [-0.4, -0.2) is 35.5 Å². The SMILES string of the molecule is CC(=CCCC(=O)OCC(O)CO)CCCC(C)CCCC(C)CCCC(C)C. The molecule has 0 aromatic carbocycles. The van der Waals surface area contributed by atoms with Gasteiger partial charge in [0.05, 0.1) is 6.61 Å². The fourth-order valence-corrected chi connectivity index (χ4v) is 3.56. The van der Waals surface area contributed by atoms with E-state index in [0.717, 1.165) is 24.2 Å². The average molecular weight is 413 g/mol. The van der Waals surface area contributed by atoms with Gasteiger partial charge in [0.1, 0.15) is 12.7 Å². The summed E-state index contributed by atoms with van der Waals surface area (Å²) in [7, 11) is 0. The maximum absolute atomic E-state index is 11.5. The second-order valence-corrected chi connectivity index (χ2v) is 9.47. The van der Waals surface area contributed by atoms with Crippen LogP contribution in [0.4, 0.5) is 0 Å². The van der Waals surface area contributed by atoms with E-state index in [4.69, 9.17) is 14.9 Å². The molecule has 0 saturated carbocycles. The lowest BCUT2D eigenvalue weighted by Gasteiger charge is -2.15. The first-order chi connectivity index (χ1) is 13.7. The maximum atomic E-state index is 11.5. The third-order valence-electron chi connectivity index (χ3n) is 5.63. The second kappa shape index (κ2) is 17.9. The fraction of sp³-hybridized carbons (Fsp3) is 0.880. The van der Waals surface area contributed by atoms with E-state index in [1.165, 1.54) is 56.9 Å². The van der Waals surface area contributed by atoms with Gasteiger partial charge in [-0.2, -0.15) is 0 Å². The largest absolute Gasteiger partial charge is 0.463 e. The molecule has 0 bridgehead atoms. The molecular formula is C25H48O4. The molecule has 0 spiro atoms. The summed E-state index contributed by atoms with van der Waals surface area (Å²) in [6, 6.07) is 0. The van der Waals surface area contributed by atoms with Gasteiger partial charge in [0.25, 0.3) is 0 Å². The molecule has 29 heavy (non-hydrogen) atoms. The minimum absolute atomic E-state index is 0.132. The standard InChI is InChI=1S/C25H48O4/c1-20(2)10-6-11-21(3)12-7-13-22(4)14-8-15-23(5)16-9-17-25(28)29-19-24(27)18-26/h16,20-22,24,26-27H,6-15,17-19H2,1-5H3. The zero-order chi connectivity index (χ0) is 22.1. The van der Waals surface area contributed by atoms with Crippen molar-refractivity contribution in [3.05, 3.63) is 11.6 Å². The Morgan fingerprint density at radius 3 is 2.00 bits per heavy atom. The minimum atomic E-state index is -0.980. The molecule has 0 aliphatic carbocycles. The van der Waals surface area contributed by atoms with Crippen molar-refractivity contribution in [3.8, 4) is 0 Å². The van der Waals surface area contributed by atoms with Crippen molar-refractivity contribution in [2.24, 2.45) is 17.8 Å². The molecule has 0 aliphatic heterocycles. The van der Waals surface area contributed by atoms with Crippen molar-refractivity contribution in [3.63, 3.8) is 0 Å². The molecule has 172 valence electrons. The Morgan fingerprint density at radius 2 is 1.45 bits per heavy atom. The quantitative estimate of drug-likeness (QED) is 0.212. The summed E-state index contributed by atoms with van der Waals surface area (Å²) in [4.78, 5) is 11.5. The lowest BCUT2D eigenvalue weighted by Crippen LogP contribution is -2.21. The van der Waals surface area contributed by atoms with Crippen LogP contribution in [0.3, 0.4) is 0 Å². The van der Waals surface area contributed by atoms with Gasteiger partial charge in [-0.15, -0.1) is 0 Å². The lowest BCUT2D eigenvalue weighted by atomic mass is 9.91. The summed E-state index contributed by atoms with van der Waals surface area (Å²) in [6.07, 6.45) is 13.9. The summed E-state index contributed by atoms with van der Waals surface area (Å²) in [6.45, 7) is 11.0. The van der Waals surface area contributed by atoms with Crippen molar-refractivity contribution in [2.45, 2.75) is 111 Å². The Labute approximate surface area is 180 Å². The van der Waals surface area contributed by atoms with Crippen LogP contribution in [0.5, 0.6) is 0 Å². The number of hydrogen-bond donors (Lipinski definition) is 2. The highest BCUT2D eigenvalue weighted by Crippen LogP contribution is 2.22. The molecule has 0 fully saturated rings. The smallest absolute Gasteiger partial charge is 0.306 e. The van der Waals surface area contributed by atoms with E-state index in [-0.39, 0.29) is 19.2 Å². The lowest BCUT2D eigenvalue weighted by molar-refractivity contribution is -0.147. The topological polar surface area (TPSA) is 66.8 Å². The number of aliphatic hydroxyl groups excluding tert-OH is 2. The first kappa shape index (κ1) is 28.1. The number of rotatable bonds is 18. The number of hydrogen-bond acceptors (Lipinski definition) is 4. The second-order valence-electron chi connectivity index (χ2n) is 9.47. The van der Waals surface area contributed by atoms with Crippen molar-refractivity contribution in [1.82, 2.24) is 0 Å². The number of allylic oxidation sites excluding steroid dienone is 2. The molecule has 0 heterocycles. The van der Waals surface area contributed by atoms with Crippen molar-refractivity contribution >= 4 is 5.97 Å². The summed E-state index contributed by atoms with van der Waals surface area (Å²) in [5.41, 5.74) is 1.33. The molecule has 0 amide bonds. The molecule has 3 atom stereocenters. The first-order valence-electron chi connectivity index (χ1n) is 11.8. The van der Waals surface area contributed by atoms with Crippen LogP contribution in [0.15, 0.2) is 11.6 Å². The van der Waals surface area contributed by atoms with Gasteiger partial charge in [-0.1, -0.05) is 84.3 Å². The Kier molecular flexibility index (Phi) is 17.4. The summed E-state index contributed by atoms with van der Waals surface area (Å²) in [5.74, 6) is 2.16. The monoisotopic (exact) mass is 412 g/mol. The van der Waals surface area contributed by atoms with Crippen LogP contribution in [0.2, 0.25) is 0 Å². The van der Waals surface area contributed by atoms with Gasteiger partial charge in [0.2, 0.25) is 0 Å². The van der Waals surface area contributed by atoms with Crippen LogP contribution in [0, 0.1) is 17.8 Å². The highest BCUT2D eigenvalue weighted by atomic mass is 16.5. The van der Waals surface area contributed by atoms with Gasteiger partial charge >= 0.3 is 5.97 Å². The van der Waals surface area contributed by atoms with E-state index in [2.05, 4.69) is 40.7 Å². The Bertz CT molecular complexity index is 431. The molecule has 4 heteroatoms. The summed E-state index contributed by atoms with van der Waals surface area (Å²) >= 11 is 0. The van der Waals surface area contributed by atoms with Crippen LogP contribution in [0.25, 0.3) is 0 Å². The van der Waals surface area contributed by atoms with Crippen LogP contribution in [-0.2, 0) is 9.53 Å². The third kappa shape index (κ3) is 18.9. The molecule has 3 unspecified atom stereocenters. The predicted molar refractivity (Wildman–Crippen MR) is 122 cm³/mol. The normalized spacial score (nSPS) is 15.4. The molecular weight excluding hydrogens is 364 g/mol. The molecule has 0 rings (SSSR count). The summed E-state index contributed by atoms with van der Waals surface area (Å²) < 4.78 is 4.90. The molecule has 0 saturated heterocycles. The van der Waals surface area contributed by atoms with Crippen molar-refractivity contribution in [1.29, 1.82) is 0 Å². The number of esters is 1. The minimum Gasteiger partial charge on any atom is -0.463 e. The highest BCUT2D eigenvalue weighted by Gasteiger charge is 2.08.